The van der Waals surface area contributed by atoms with E-state index in [-0.39, 0.29) is 0 Å². The Bertz CT molecular complexity index is 544. The first-order valence-electron chi connectivity index (χ1n) is 13.3. The van der Waals surface area contributed by atoms with Crippen LogP contribution < -0.4 is 0 Å². The summed E-state index contributed by atoms with van der Waals surface area (Å²) in [7, 11) is 133. The van der Waals surface area contributed by atoms with Crippen LogP contribution in [0.5, 0.6) is 0 Å². The average molecular weight is 443 g/mol. The van der Waals surface area contributed by atoms with Gasteiger partial charge in [0.05, 0.1) is 0 Å². The fraction of sp³-hybridized carbons (Fsp3) is 0. The Kier molecular flexibility index (Phi) is 21.4. The molecule has 0 amide bonds. The maximum atomic E-state index is 6.43. The minimum absolute atomic E-state index is 0.926. The van der Waals surface area contributed by atoms with Gasteiger partial charge in [0.2, 0.25) is 0 Å². The molecule has 0 aromatic rings. The molecular weight excluding hydrogens is 443 g/mol. The van der Waals surface area contributed by atoms with Gasteiger partial charge in [-0.2, -0.15) is 0 Å². The van der Waals surface area contributed by atoms with Crippen molar-refractivity contribution in [2.24, 2.45) is 0 Å². The highest BCUT2D eigenvalue weighted by Crippen LogP contribution is 2.19. The molecule has 0 saturated heterocycles. The predicted octanol–water partition coefficient (Wildman–Crippen LogP) is -15.6. The molecule has 0 heterocycles. The quantitative estimate of drug-likeness (QED) is 0.174. The van der Waals surface area contributed by atoms with E-state index in [4.69, 9.17) is 162 Å². The van der Waals surface area contributed by atoms with E-state index in [1.54, 1.807) is 0 Å². The first kappa shape index (κ1) is 43.7. The van der Waals surface area contributed by atoms with Gasteiger partial charge in [0, 0.05) is 0 Å². The monoisotopic (exact) mass is 451 g/mol. The Morgan fingerprint density at radius 1 is 0.244 bits per heavy atom. The summed E-state index contributed by atoms with van der Waals surface area (Å²) >= 11 is 0. The third-order valence-electron chi connectivity index (χ3n) is 8.22. The highest BCUT2D eigenvalue weighted by Gasteiger charge is 2.56. The van der Waals surface area contributed by atoms with E-state index in [1.165, 1.54) is 7.06 Å². The summed E-state index contributed by atoms with van der Waals surface area (Å²) in [4.78, 5) is 0. The molecule has 41 heavy (non-hydrogen) atoms. The van der Waals surface area contributed by atoms with Gasteiger partial charge >= 0.3 is 0 Å². The van der Waals surface area contributed by atoms with Crippen molar-refractivity contribution < 1.29 is 0 Å². The summed E-state index contributed by atoms with van der Waals surface area (Å²) in [6, 6.07) is 0. The molecule has 0 bridgehead atoms. The zero-order chi connectivity index (χ0) is 32.7. The zero-order valence-electron chi connectivity index (χ0n) is 23.7. The Morgan fingerprint density at radius 2 is 0.415 bits per heavy atom. The molecule has 0 atom stereocenters. The van der Waals surface area contributed by atoms with E-state index >= 15 is 0 Å². The van der Waals surface area contributed by atoms with Gasteiger partial charge in [0.15, 0.2) is 0 Å². The van der Waals surface area contributed by atoms with Gasteiger partial charge in [-0.1, -0.05) is 0 Å². The SMILES string of the molecule is [B]B([B])B([B][B-])B(B([B])[B])B(B(B(B([B])[B])B([B])[B])B(B([B])[B])B([B])[B])B(B(B([B])[B])B([B])[B])B(B([B])[B])B([B])[B]. The Labute approximate surface area is 288 Å². The molecule has 124 valence electrons. The fourth-order valence-electron chi connectivity index (χ4n) is 6.67. The molecule has 44 radical (unpaired) electrons. The van der Waals surface area contributed by atoms with Crippen LogP contribution in [0.2, 0.25) is 0 Å². The van der Waals surface area contributed by atoms with Crippen LogP contribution in [0.3, 0.4) is 0 Å². The van der Waals surface area contributed by atoms with Gasteiger partial charge in [-0.15, -0.1) is 0 Å². The van der Waals surface area contributed by atoms with Crippen molar-refractivity contribution in [3.63, 3.8) is 0 Å². The van der Waals surface area contributed by atoms with E-state index < -0.39 is 121 Å². The van der Waals surface area contributed by atoms with E-state index in [0.29, 0.717) is 0 Å². The van der Waals surface area contributed by atoms with Crippen molar-refractivity contribution >= 4 is 291 Å². The standard InChI is InChI=1S/B41/c1-22-33(23(2)3)38(32(20)21)41(39(34(24(4)5)25(6)7)35(26(8)9)27(10)11)40(36(28(12)13)29(14)15)37(30(16)17)31(18)19/q-1. The van der Waals surface area contributed by atoms with Crippen LogP contribution in [0.25, 0.3) is 0 Å². The van der Waals surface area contributed by atoms with Crippen LogP contribution in [0.4, 0.5) is 0 Å². The predicted molar refractivity (Wildman–Crippen MR) is 236 cm³/mol. The van der Waals surface area contributed by atoms with Crippen molar-refractivity contribution in [2.45, 2.75) is 0 Å². The highest BCUT2D eigenvalue weighted by molar-refractivity contribution is 8.32. The number of hydrogen-bond donors (Lipinski definition) is 0. The molecular formula is B41-. The summed E-state index contributed by atoms with van der Waals surface area (Å²) in [5.41, 5.74) is 0. The summed E-state index contributed by atoms with van der Waals surface area (Å²) in [6.07, 6.45) is -21.3. The Hall–Kier alpha value is 2.66. The van der Waals surface area contributed by atoms with Crippen molar-refractivity contribution in [1.82, 2.24) is 0 Å². The van der Waals surface area contributed by atoms with Gasteiger partial charge in [0.1, 0.15) is 0 Å². The summed E-state index contributed by atoms with van der Waals surface area (Å²) in [5.74, 6) is 0. The van der Waals surface area contributed by atoms with Gasteiger partial charge in [0.25, 0.3) is 0 Å². The smallest absolute Gasteiger partial charge is 0.0000000000000853 e. The minimum Gasteiger partial charge on any atom is -0.690 e. The molecule has 0 N–H and O–H groups in total. The van der Waals surface area contributed by atoms with Crippen molar-refractivity contribution in [1.29, 1.82) is 0 Å². The van der Waals surface area contributed by atoms with E-state index in [2.05, 4.69) is 0 Å². The van der Waals surface area contributed by atoms with Gasteiger partial charge in [-0.3, -0.25) is 7.06 Å². The number of rotatable bonds is 19. The lowest BCUT2D eigenvalue weighted by atomic mass is 8.27. The Morgan fingerprint density at radius 3 is 0.537 bits per heavy atom. The van der Waals surface area contributed by atoms with Crippen LogP contribution in [0, 0.1) is 0 Å². The summed E-state index contributed by atoms with van der Waals surface area (Å²) in [5, 5.41) is 0. The molecule has 0 nitrogen and oxygen atoms in total. The Balaban J connectivity index is 8.46. The van der Waals surface area contributed by atoms with E-state index in [0.717, 1.165) is 0 Å². The third kappa shape index (κ3) is 12.0. The normalized spacial score (nSPS) is 9.59. The molecule has 0 aliphatic heterocycles. The summed E-state index contributed by atoms with van der Waals surface area (Å²) in [6.45, 7) is 0. The summed E-state index contributed by atoms with van der Waals surface area (Å²) < 4.78 is 0. The van der Waals surface area contributed by atoms with Crippen LogP contribution in [0.15, 0.2) is 0 Å². The molecule has 0 spiro atoms. The van der Waals surface area contributed by atoms with Gasteiger partial charge in [-0.25, -0.2) is 0 Å². The van der Waals surface area contributed by atoms with Crippen molar-refractivity contribution in [2.75, 3.05) is 0 Å². The highest BCUT2D eigenvalue weighted by atomic mass is 13.4. The van der Waals surface area contributed by atoms with Crippen LogP contribution >= 0.6 is 0 Å². The zero-order valence-corrected chi connectivity index (χ0v) is 23.7. The molecule has 0 aliphatic carbocycles. The number of hydrogen-bond acceptors (Lipinski definition) is 0. The molecule has 0 unspecified atom stereocenters. The molecule has 41 heteroatoms. The second-order valence-electron chi connectivity index (χ2n) is 11.2. The lowest BCUT2D eigenvalue weighted by Gasteiger charge is -2.55. The second kappa shape index (κ2) is 20.1. The van der Waals surface area contributed by atoms with E-state index in [1.807, 2.05) is 0 Å². The maximum absolute atomic E-state index is 6.43. The maximum Gasteiger partial charge on any atom is -0.0000000000000853 e. The fourth-order valence-corrected chi connectivity index (χ4v) is 6.67. The molecule has 0 saturated carbocycles. The molecule has 0 fully saturated rings. The first-order chi connectivity index (χ1) is 18.7. The third-order valence-corrected chi connectivity index (χ3v) is 8.22. The topological polar surface area (TPSA) is 0 Å². The average Bonchev–Trinajstić information content (AvgIpc) is 2.76. The van der Waals surface area contributed by atoms with Crippen LogP contribution in [-0.4, -0.2) is 291 Å². The van der Waals surface area contributed by atoms with Crippen molar-refractivity contribution in [3.05, 3.63) is 0 Å². The molecule has 0 rings (SSSR count). The van der Waals surface area contributed by atoms with Crippen LogP contribution in [-0.2, 0) is 0 Å². The minimum atomic E-state index is -1.23. The van der Waals surface area contributed by atoms with Gasteiger partial charge in [-0.05, 0) is 276 Å². The molecule has 0 aliphatic rings. The lowest BCUT2D eigenvalue weighted by molar-refractivity contribution is 3.21. The second-order valence-corrected chi connectivity index (χ2v) is 11.2. The molecule has 0 aromatic heterocycles. The first-order valence-corrected chi connectivity index (χ1v) is 13.3. The van der Waals surface area contributed by atoms with Crippen molar-refractivity contribution in [3.8, 4) is 0 Å². The lowest BCUT2D eigenvalue weighted by Crippen LogP contribution is -2.92. The largest absolute Gasteiger partial charge is 0.690 e. The van der Waals surface area contributed by atoms with E-state index in [9.17, 15) is 0 Å². The molecule has 0 aromatic carbocycles. The van der Waals surface area contributed by atoms with Gasteiger partial charge < -0.3 is 7.74 Å². The van der Waals surface area contributed by atoms with Crippen LogP contribution in [0.1, 0.15) is 0 Å².